The minimum absolute atomic E-state index is 0.178. The van der Waals surface area contributed by atoms with E-state index in [1.165, 1.54) is 0 Å². The summed E-state index contributed by atoms with van der Waals surface area (Å²) >= 11 is 0. The molecule has 0 spiro atoms. The molecular formula is C14H16N4O. The molecule has 2 aromatic rings. The molecule has 0 atom stereocenters. The maximum Gasteiger partial charge on any atom is 0.251 e. The first-order chi connectivity index (χ1) is 9.06. The maximum absolute atomic E-state index is 12.0. The van der Waals surface area contributed by atoms with Crippen molar-refractivity contribution in [3.63, 3.8) is 0 Å². The van der Waals surface area contributed by atoms with Gasteiger partial charge in [-0.25, -0.2) is 4.98 Å². The minimum Gasteiger partial charge on any atom is -0.384 e. The van der Waals surface area contributed by atoms with E-state index in [0.29, 0.717) is 17.9 Å². The van der Waals surface area contributed by atoms with Gasteiger partial charge < -0.3 is 11.1 Å². The Hall–Kier alpha value is -2.43. The summed E-state index contributed by atoms with van der Waals surface area (Å²) in [6, 6.07) is 7.10. The van der Waals surface area contributed by atoms with Crippen LogP contribution in [-0.2, 0) is 6.54 Å². The van der Waals surface area contributed by atoms with Gasteiger partial charge in [0, 0.05) is 17.5 Å². The van der Waals surface area contributed by atoms with E-state index in [1.54, 1.807) is 25.3 Å². The molecule has 0 fully saturated rings. The lowest BCUT2D eigenvalue weighted by Gasteiger charge is -2.08. The Morgan fingerprint density at radius 3 is 2.84 bits per heavy atom. The number of nitrogen functional groups attached to an aromatic ring is 1. The van der Waals surface area contributed by atoms with E-state index in [1.807, 2.05) is 19.1 Å². The Labute approximate surface area is 111 Å². The van der Waals surface area contributed by atoms with Gasteiger partial charge in [0.25, 0.3) is 5.91 Å². The molecule has 0 saturated carbocycles. The van der Waals surface area contributed by atoms with Crippen molar-refractivity contribution in [1.29, 1.82) is 0 Å². The molecule has 1 amide bonds. The third kappa shape index (κ3) is 3.28. The highest BCUT2D eigenvalue weighted by Crippen LogP contribution is 2.08. The van der Waals surface area contributed by atoms with E-state index in [0.717, 1.165) is 17.0 Å². The van der Waals surface area contributed by atoms with Crippen molar-refractivity contribution in [2.75, 3.05) is 5.73 Å². The molecule has 2 heterocycles. The van der Waals surface area contributed by atoms with Crippen molar-refractivity contribution < 1.29 is 4.79 Å². The molecule has 0 unspecified atom stereocenters. The van der Waals surface area contributed by atoms with Gasteiger partial charge in [0.1, 0.15) is 5.82 Å². The van der Waals surface area contributed by atoms with Crippen LogP contribution in [0.2, 0.25) is 0 Å². The highest BCUT2D eigenvalue weighted by atomic mass is 16.1. The van der Waals surface area contributed by atoms with Crippen molar-refractivity contribution in [3.8, 4) is 0 Å². The van der Waals surface area contributed by atoms with Crippen LogP contribution in [0.5, 0.6) is 0 Å². The highest BCUT2D eigenvalue weighted by molar-refractivity contribution is 5.94. The summed E-state index contributed by atoms with van der Waals surface area (Å²) in [7, 11) is 0. The van der Waals surface area contributed by atoms with Crippen LogP contribution in [0.3, 0.4) is 0 Å². The predicted molar refractivity (Wildman–Crippen MR) is 73.5 cm³/mol. The lowest BCUT2D eigenvalue weighted by molar-refractivity contribution is 0.0950. The molecule has 2 aromatic heterocycles. The Bertz CT molecular complexity index is 590. The van der Waals surface area contributed by atoms with Crippen LogP contribution >= 0.6 is 0 Å². The zero-order valence-electron chi connectivity index (χ0n) is 11.0. The van der Waals surface area contributed by atoms with Crippen LogP contribution in [0.25, 0.3) is 0 Å². The molecule has 0 aliphatic heterocycles. The normalized spacial score (nSPS) is 10.2. The Kier molecular flexibility index (Phi) is 3.75. The van der Waals surface area contributed by atoms with Crippen LogP contribution in [0.15, 0.2) is 30.5 Å². The number of rotatable bonds is 3. The molecule has 0 bridgehead atoms. The number of aromatic nitrogens is 2. The Balaban J connectivity index is 2.08. The fraction of sp³-hybridized carbons (Fsp3) is 0.214. The first-order valence-corrected chi connectivity index (χ1v) is 5.99. The summed E-state index contributed by atoms with van der Waals surface area (Å²) in [4.78, 5) is 20.3. The molecule has 2 rings (SSSR count). The summed E-state index contributed by atoms with van der Waals surface area (Å²) < 4.78 is 0. The second-order valence-corrected chi connectivity index (χ2v) is 4.37. The number of nitrogens with zero attached hydrogens (tertiary/aromatic N) is 2. The van der Waals surface area contributed by atoms with E-state index >= 15 is 0 Å². The molecule has 0 radical (unpaired) electrons. The number of carbonyl (C=O) groups is 1. The number of hydrogen-bond acceptors (Lipinski definition) is 4. The van der Waals surface area contributed by atoms with Crippen molar-refractivity contribution in [2.24, 2.45) is 0 Å². The zero-order chi connectivity index (χ0) is 13.8. The minimum atomic E-state index is -0.178. The molecule has 0 aromatic carbocycles. The molecule has 0 aliphatic rings. The number of hydrogen-bond donors (Lipinski definition) is 2. The van der Waals surface area contributed by atoms with Crippen molar-refractivity contribution in [1.82, 2.24) is 15.3 Å². The van der Waals surface area contributed by atoms with E-state index in [9.17, 15) is 4.79 Å². The van der Waals surface area contributed by atoms with Crippen molar-refractivity contribution in [3.05, 3.63) is 53.0 Å². The lowest BCUT2D eigenvalue weighted by Crippen LogP contribution is -2.24. The lowest BCUT2D eigenvalue weighted by atomic mass is 10.2. The monoisotopic (exact) mass is 256 g/mol. The molecule has 19 heavy (non-hydrogen) atoms. The third-order valence-corrected chi connectivity index (χ3v) is 2.77. The van der Waals surface area contributed by atoms with Crippen molar-refractivity contribution >= 4 is 11.7 Å². The molecule has 0 aliphatic carbocycles. The molecule has 5 nitrogen and oxygen atoms in total. The van der Waals surface area contributed by atoms with Gasteiger partial charge in [0.2, 0.25) is 0 Å². The van der Waals surface area contributed by atoms with Gasteiger partial charge in [-0.1, -0.05) is 6.07 Å². The maximum atomic E-state index is 12.0. The molecule has 98 valence electrons. The number of pyridine rings is 2. The van der Waals surface area contributed by atoms with Gasteiger partial charge in [0.15, 0.2) is 0 Å². The number of amides is 1. The Morgan fingerprint density at radius 1 is 1.37 bits per heavy atom. The van der Waals surface area contributed by atoms with Gasteiger partial charge in [0.05, 0.1) is 12.2 Å². The van der Waals surface area contributed by atoms with Gasteiger partial charge >= 0.3 is 0 Å². The SMILES string of the molecule is Cc1cc(C(=O)NCc2ncccc2C)cc(N)n1. The second-order valence-electron chi connectivity index (χ2n) is 4.37. The van der Waals surface area contributed by atoms with Gasteiger partial charge in [-0.15, -0.1) is 0 Å². The largest absolute Gasteiger partial charge is 0.384 e. The van der Waals surface area contributed by atoms with Crippen LogP contribution in [0, 0.1) is 13.8 Å². The number of carbonyl (C=O) groups excluding carboxylic acids is 1. The molecule has 5 heteroatoms. The summed E-state index contributed by atoms with van der Waals surface area (Å²) in [6.45, 7) is 4.16. The first kappa shape index (κ1) is 13.0. The topological polar surface area (TPSA) is 80.9 Å². The van der Waals surface area contributed by atoms with E-state index in [2.05, 4.69) is 15.3 Å². The van der Waals surface area contributed by atoms with Crippen molar-refractivity contribution in [2.45, 2.75) is 20.4 Å². The number of anilines is 1. The smallest absolute Gasteiger partial charge is 0.251 e. The number of nitrogens with one attached hydrogen (secondary N) is 1. The number of nitrogens with two attached hydrogens (primary N) is 1. The summed E-state index contributed by atoms with van der Waals surface area (Å²) in [5.41, 5.74) is 8.76. The van der Waals surface area contributed by atoms with Crippen LogP contribution in [0.1, 0.15) is 27.3 Å². The summed E-state index contributed by atoms with van der Waals surface area (Å²) in [5, 5.41) is 2.83. The fourth-order valence-electron chi connectivity index (χ4n) is 1.79. The molecule has 0 saturated heterocycles. The van der Waals surface area contributed by atoms with E-state index in [-0.39, 0.29) is 5.91 Å². The standard InChI is InChI=1S/C14H16N4O/c1-9-4-3-5-16-12(9)8-17-14(19)11-6-10(2)18-13(15)7-11/h3-7H,8H2,1-2H3,(H2,15,18)(H,17,19). The predicted octanol–water partition coefficient (Wildman–Crippen LogP) is 1.61. The van der Waals surface area contributed by atoms with Gasteiger partial charge in [-0.05, 0) is 37.6 Å². The number of aryl methyl sites for hydroxylation is 2. The van der Waals surface area contributed by atoms with Crippen LogP contribution in [0.4, 0.5) is 5.82 Å². The summed E-state index contributed by atoms with van der Waals surface area (Å²) in [5.74, 6) is 0.168. The van der Waals surface area contributed by atoms with E-state index in [4.69, 9.17) is 5.73 Å². The third-order valence-electron chi connectivity index (χ3n) is 2.77. The highest BCUT2D eigenvalue weighted by Gasteiger charge is 2.08. The summed E-state index contributed by atoms with van der Waals surface area (Å²) in [6.07, 6.45) is 1.71. The van der Waals surface area contributed by atoms with Crippen LogP contribution < -0.4 is 11.1 Å². The molecule has 3 N–H and O–H groups in total. The van der Waals surface area contributed by atoms with Crippen LogP contribution in [-0.4, -0.2) is 15.9 Å². The fourth-order valence-corrected chi connectivity index (χ4v) is 1.79. The average molecular weight is 256 g/mol. The average Bonchev–Trinajstić information content (AvgIpc) is 2.36. The Morgan fingerprint density at radius 2 is 2.16 bits per heavy atom. The second kappa shape index (κ2) is 5.48. The van der Waals surface area contributed by atoms with Gasteiger partial charge in [-0.3, -0.25) is 9.78 Å². The first-order valence-electron chi connectivity index (χ1n) is 5.99. The quantitative estimate of drug-likeness (QED) is 0.874. The van der Waals surface area contributed by atoms with E-state index < -0.39 is 0 Å². The molecular weight excluding hydrogens is 240 g/mol. The van der Waals surface area contributed by atoms with Gasteiger partial charge in [-0.2, -0.15) is 0 Å². The zero-order valence-corrected chi connectivity index (χ0v) is 11.0.